The summed E-state index contributed by atoms with van der Waals surface area (Å²) in [7, 11) is -1.29. The Labute approximate surface area is 115 Å². The van der Waals surface area contributed by atoms with Crippen LogP contribution in [0.5, 0.6) is 0 Å². The minimum Gasteiger partial charge on any atom is -0.397 e. The van der Waals surface area contributed by atoms with Crippen LogP contribution >= 0.6 is 0 Å². The van der Waals surface area contributed by atoms with E-state index in [1.807, 2.05) is 0 Å². The van der Waals surface area contributed by atoms with Crippen LogP contribution in [-0.4, -0.2) is 24.5 Å². The molecule has 0 aliphatic heterocycles. The Morgan fingerprint density at radius 1 is 1.40 bits per heavy atom. The van der Waals surface area contributed by atoms with E-state index < -0.39 is 31.1 Å². The van der Waals surface area contributed by atoms with Crippen LogP contribution in [0.3, 0.4) is 0 Å². The summed E-state index contributed by atoms with van der Waals surface area (Å²) in [6.07, 6.45) is -3.99. The molecule has 0 aliphatic carbocycles. The third-order valence-electron chi connectivity index (χ3n) is 2.57. The molecule has 2 N–H and O–H groups in total. The van der Waals surface area contributed by atoms with Gasteiger partial charge in [0.2, 0.25) is 0 Å². The van der Waals surface area contributed by atoms with Crippen LogP contribution in [0.2, 0.25) is 25.7 Å². The van der Waals surface area contributed by atoms with Gasteiger partial charge in [0.25, 0.3) is 5.56 Å². The predicted octanol–water partition coefficient (Wildman–Crippen LogP) is 2.16. The minimum atomic E-state index is -4.80. The summed E-state index contributed by atoms with van der Waals surface area (Å²) in [6.45, 7) is 6.51. The molecule has 0 fully saturated rings. The Kier molecular flexibility index (Phi) is 4.98. The van der Waals surface area contributed by atoms with Crippen molar-refractivity contribution in [2.75, 3.05) is 12.3 Å². The summed E-state index contributed by atoms with van der Waals surface area (Å²) in [5.74, 6) is 0. The number of hydrogen-bond acceptors (Lipinski definition) is 4. The van der Waals surface area contributed by atoms with Gasteiger partial charge in [-0.3, -0.25) is 4.79 Å². The molecule has 1 heterocycles. The zero-order valence-electron chi connectivity index (χ0n) is 11.6. The van der Waals surface area contributed by atoms with Crippen molar-refractivity contribution < 1.29 is 17.9 Å². The Morgan fingerprint density at radius 3 is 2.50 bits per heavy atom. The van der Waals surface area contributed by atoms with Crippen molar-refractivity contribution in [2.45, 2.75) is 38.6 Å². The molecular weight excluding hydrogens is 291 g/mol. The van der Waals surface area contributed by atoms with Crippen LogP contribution < -0.4 is 11.3 Å². The summed E-state index contributed by atoms with van der Waals surface area (Å²) in [5.41, 5.74) is 1.79. The Morgan fingerprint density at radius 2 is 2.00 bits per heavy atom. The fraction of sp³-hybridized carbons (Fsp3) is 0.636. The van der Waals surface area contributed by atoms with E-state index in [2.05, 4.69) is 24.7 Å². The Balaban J connectivity index is 2.81. The maximum atomic E-state index is 12.7. The normalized spacial score (nSPS) is 12.7. The van der Waals surface area contributed by atoms with Gasteiger partial charge in [0.05, 0.1) is 11.9 Å². The molecule has 9 heteroatoms. The third kappa shape index (κ3) is 4.64. The van der Waals surface area contributed by atoms with Gasteiger partial charge in [0.1, 0.15) is 12.3 Å². The van der Waals surface area contributed by atoms with E-state index in [4.69, 9.17) is 10.5 Å². The van der Waals surface area contributed by atoms with Crippen molar-refractivity contribution in [1.82, 2.24) is 9.78 Å². The zero-order valence-corrected chi connectivity index (χ0v) is 12.6. The van der Waals surface area contributed by atoms with E-state index in [1.54, 1.807) is 0 Å². The van der Waals surface area contributed by atoms with E-state index in [9.17, 15) is 18.0 Å². The highest BCUT2D eigenvalue weighted by Gasteiger charge is 2.37. The average molecular weight is 309 g/mol. The molecular formula is C11H18F3N3O2Si. The molecule has 1 aromatic heterocycles. The summed E-state index contributed by atoms with van der Waals surface area (Å²) < 4.78 is 43.9. The van der Waals surface area contributed by atoms with Crippen molar-refractivity contribution >= 4 is 13.8 Å². The zero-order chi connectivity index (χ0) is 15.6. The molecule has 0 atom stereocenters. The van der Waals surface area contributed by atoms with E-state index in [1.165, 1.54) is 0 Å². The lowest BCUT2D eigenvalue weighted by Crippen LogP contribution is -2.32. The molecule has 1 aromatic rings. The second-order valence-corrected chi connectivity index (χ2v) is 11.2. The SMILES string of the molecule is C[Si](C)(C)CCOCn1ncc(N)c(C(F)(F)F)c1=O. The van der Waals surface area contributed by atoms with E-state index in [-0.39, 0.29) is 6.73 Å². The van der Waals surface area contributed by atoms with Gasteiger partial charge in [0, 0.05) is 14.7 Å². The molecule has 0 bridgehead atoms. The van der Waals surface area contributed by atoms with Crippen molar-refractivity contribution in [1.29, 1.82) is 0 Å². The van der Waals surface area contributed by atoms with Crippen LogP contribution in [0.1, 0.15) is 5.56 Å². The number of nitrogens with zero attached hydrogens (tertiary/aromatic N) is 2. The molecule has 0 unspecified atom stereocenters. The fourth-order valence-electron chi connectivity index (χ4n) is 1.41. The van der Waals surface area contributed by atoms with Crippen LogP contribution in [0.15, 0.2) is 11.0 Å². The molecule has 114 valence electrons. The van der Waals surface area contributed by atoms with Crippen molar-refractivity contribution in [3.8, 4) is 0 Å². The van der Waals surface area contributed by atoms with Crippen molar-refractivity contribution in [2.24, 2.45) is 0 Å². The molecule has 1 rings (SSSR count). The lowest BCUT2D eigenvalue weighted by molar-refractivity contribution is -0.138. The molecule has 0 aromatic carbocycles. The largest absolute Gasteiger partial charge is 0.423 e. The molecule has 0 amide bonds. The lowest BCUT2D eigenvalue weighted by Gasteiger charge is -2.16. The second-order valence-electron chi connectivity index (χ2n) is 5.63. The molecule has 0 spiro atoms. The first kappa shape index (κ1) is 16.7. The van der Waals surface area contributed by atoms with Crippen molar-refractivity contribution in [3.63, 3.8) is 0 Å². The van der Waals surface area contributed by atoms with Gasteiger partial charge in [-0.05, 0) is 6.04 Å². The lowest BCUT2D eigenvalue weighted by atomic mass is 10.2. The molecule has 20 heavy (non-hydrogen) atoms. The third-order valence-corrected chi connectivity index (χ3v) is 4.27. The number of rotatable bonds is 5. The standard InChI is InChI=1S/C11H18F3N3O2Si/c1-20(2,3)5-4-19-7-17-10(18)9(11(12,13)14)8(15)6-16-17/h6H,4-5,7,15H2,1-3H3. The number of aromatic nitrogens is 2. The molecule has 0 radical (unpaired) electrons. The first-order valence-corrected chi connectivity index (χ1v) is 9.73. The minimum absolute atomic E-state index is 0.313. The maximum absolute atomic E-state index is 12.7. The summed E-state index contributed by atoms with van der Waals surface area (Å²) >= 11 is 0. The second kappa shape index (κ2) is 5.96. The summed E-state index contributed by atoms with van der Waals surface area (Å²) in [5, 5.41) is 3.55. The van der Waals surface area contributed by atoms with Gasteiger partial charge in [-0.15, -0.1) is 0 Å². The number of nitrogen functional groups attached to an aromatic ring is 1. The number of ether oxygens (including phenoxy) is 1. The predicted molar refractivity (Wildman–Crippen MR) is 72.0 cm³/mol. The Hall–Kier alpha value is -1.35. The highest BCUT2D eigenvalue weighted by atomic mass is 28.3. The molecule has 0 saturated carbocycles. The number of nitrogens with two attached hydrogens (primary N) is 1. The summed E-state index contributed by atoms with van der Waals surface area (Å²) in [6, 6.07) is 0.850. The van der Waals surface area contributed by atoms with Gasteiger partial charge in [0.15, 0.2) is 0 Å². The van der Waals surface area contributed by atoms with E-state index >= 15 is 0 Å². The fourth-order valence-corrected chi connectivity index (χ4v) is 2.16. The molecule has 0 saturated heterocycles. The van der Waals surface area contributed by atoms with Gasteiger partial charge in [-0.25, -0.2) is 4.68 Å². The van der Waals surface area contributed by atoms with Crippen molar-refractivity contribution in [3.05, 3.63) is 22.1 Å². The van der Waals surface area contributed by atoms with Gasteiger partial charge in [-0.2, -0.15) is 18.3 Å². The number of hydrogen-bond donors (Lipinski definition) is 1. The number of anilines is 1. The summed E-state index contributed by atoms with van der Waals surface area (Å²) in [4.78, 5) is 11.7. The number of alkyl halides is 3. The van der Waals surface area contributed by atoms with Crippen LogP contribution in [-0.2, 0) is 17.6 Å². The highest BCUT2D eigenvalue weighted by Crippen LogP contribution is 2.29. The van der Waals surface area contributed by atoms with Gasteiger partial charge < -0.3 is 10.5 Å². The van der Waals surface area contributed by atoms with E-state index in [0.717, 1.165) is 12.2 Å². The maximum Gasteiger partial charge on any atom is 0.423 e. The first-order valence-electron chi connectivity index (χ1n) is 6.03. The first-order chi connectivity index (χ1) is 9.02. The van der Waals surface area contributed by atoms with Gasteiger partial charge >= 0.3 is 6.18 Å². The topological polar surface area (TPSA) is 70.1 Å². The van der Waals surface area contributed by atoms with Crippen LogP contribution in [0.25, 0.3) is 0 Å². The monoisotopic (exact) mass is 309 g/mol. The smallest absolute Gasteiger partial charge is 0.397 e. The molecule has 0 aliphatic rings. The Bertz CT molecular complexity index is 523. The van der Waals surface area contributed by atoms with E-state index in [0.29, 0.717) is 11.3 Å². The van der Waals surface area contributed by atoms with Gasteiger partial charge in [-0.1, -0.05) is 19.6 Å². The quantitative estimate of drug-likeness (QED) is 0.668. The van der Waals surface area contributed by atoms with Crippen LogP contribution in [0, 0.1) is 0 Å². The number of halogens is 3. The molecule has 5 nitrogen and oxygen atoms in total. The average Bonchev–Trinajstić information content (AvgIpc) is 2.23. The van der Waals surface area contributed by atoms with Crippen LogP contribution in [0.4, 0.5) is 18.9 Å². The highest BCUT2D eigenvalue weighted by molar-refractivity contribution is 6.76.